The molecule has 0 spiro atoms. The minimum absolute atomic E-state index is 0.304. The molecule has 0 radical (unpaired) electrons. The van der Waals surface area contributed by atoms with Crippen molar-refractivity contribution in [3.63, 3.8) is 0 Å². The topological polar surface area (TPSA) is 0 Å². The molecule has 15 heavy (non-hydrogen) atoms. The number of halogens is 2. The van der Waals surface area contributed by atoms with Crippen LogP contribution in [0.3, 0.4) is 0 Å². The van der Waals surface area contributed by atoms with E-state index in [0.29, 0.717) is 5.41 Å². The zero-order chi connectivity index (χ0) is 11.5. The molecule has 1 unspecified atom stereocenters. The highest BCUT2D eigenvalue weighted by atomic mass is 79.9. The zero-order valence-corrected chi connectivity index (χ0v) is 12.0. The Kier molecular flexibility index (Phi) is 4.66. The summed E-state index contributed by atoms with van der Waals surface area (Å²) < 4.78 is 0. The van der Waals surface area contributed by atoms with Gasteiger partial charge >= 0.3 is 0 Å². The maximum Gasteiger partial charge on any atom is 0.0440 e. The molecule has 0 aliphatic heterocycles. The van der Waals surface area contributed by atoms with E-state index in [1.165, 1.54) is 11.1 Å². The first kappa shape index (κ1) is 13.1. The van der Waals surface area contributed by atoms with Crippen LogP contribution in [0.1, 0.15) is 31.4 Å². The van der Waals surface area contributed by atoms with Crippen LogP contribution in [0.2, 0.25) is 5.02 Å². The third-order valence-electron chi connectivity index (χ3n) is 3.00. The fourth-order valence-electron chi connectivity index (χ4n) is 1.52. The average molecular weight is 290 g/mol. The quantitative estimate of drug-likeness (QED) is 0.684. The number of hydrogen-bond acceptors (Lipinski definition) is 0. The largest absolute Gasteiger partial charge is 0.0922 e. The number of rotatable bonds is 4. The molecule has 0 nitrogen and oxygen atoms in total. The molecule has 1 aromatic rings. The highest BCUT2D eigenvalue weighted by Crippen LogP contribution is 2.31. The highest BCUT2D eigenvalue weighted by molar-refractivity contribution is 9.09. The minimum atomic E-state index is 0.304. The molecule has 0 bridgehead atoms. The molecule has 1 aromatic carbocycles. The van der Waals surface area contributed by atoms with Gasteiger partial charge in [-0.25, -0.2) is 0 Å². The number of alkyl halides is 1. The van der Waals surface area contributed by atoms with Crippen LogP contribution in [-0.2, 0) is 6.42 Å². The lowest BCUT2D eigenvalue weighted by atomic mass is 9.83. The Morgan fingerprint density at radius 1 is 1.40 bits per heavy atom. The van der Waals surface area contributed by atoms with Gasteiger partial charge in [-0.15, -0.1) is 0 Å². The Morgan fingerprint density at radius 3 is 2.53 bits per heavy atom. The average Bonchev–Trinajstić information content (AvgIpc) is 2.22. The lowest BCUT2D eigenvalue weighted by Gasteiger charge is -2.26. The number of hydrogen-bond donors (Lipinski definition) is 0. The molecule has 0 aliphatic rings. The highest BCUT2D eigenvalue weighted by Gasteiger charge is 2.22. The molecule has 0 saturated heterocycles. The Balaban J connectivity index is 2.89. The lowest BCUT2D eigenvalue weighted by molar-refractivity contribution is 0.361. The van der Waals surface area contributed by atoms with Gasteiger partial charge in [0.1, 0.15) is 0 Å². The van der Waals surface area contributed by atoms with Crippen LogP contribution in [0.5, 0.6) is 0 Å². The van der Waals surface area contributed by atoms with Gasteiger partial charge in [0.2, 0.25) is 0 Å². The second-order valence-electron chi connectivity index (χ2n) is 4.57. The van der Waals surface area contributed by atoms with Crippen LogP contribution in [0, 0.1) is 12.3 Å². The molecule has 0 aliphatic carbocycles. The van der Waals surface area contributed by atoms with E-state index in [-0.39, 0.29) is 0 Å². The molecule has 0 aromatic heterocycles. The van der Waals surface area contributed by atoms with Crippen LogP contribution in [-0.4, -0.2) is 5.33 Å². The van der Waals surface area contributed by atoms with Crippen molar-refractivity contribution in [1.82, 2.24) is 0 Å². The SMILES string of the molecule is CCC(C)(CBr)Cc1ccc(C)cc1Cl. The summed E-state index contributed by atoms with van der Waals surface area (Å²) >= 11 is 9.82. The molecule has 1 atom stereocenters. The summed E-state index contributed by atoms with van der Waals surface area (Å²) in [5, 5.41) is 1.91. The van der Waals surface area contributed by atoms with Crippen LogP contribution < -0.4 is 0 Å². The van der Waals surface area contributed by atoms with Crippen molar-refractivity contribution in [3.8, 4) is 0 Å². The van der Waals surface area contributed by atoms with Gasteiger partial charge in [0, 0.05) is 10.4 Å². The van der Waals surface area contributed by atoms with Gasteiger partial charge in [-0.3, -0.25) is 0 Å². The van der Waals surface area contributed by atoms with E-state index >= 15 is 0 Å². The normalized spacial score (nSPS) is 15.0. The predicted octanol–water partition coefficient (Wildman–Crippen LogP) is 5.00. The maximum absolute atomic E-state index is 6.23. The molecular weight excluding hydrogens is 272 g/mol. The van der Waals surface area contributed by atoms with Crippen molar-refractivity contribution in [3.05, 3.63) is 34.3 Å². The van der Waals surface area contributed by atoms with Crippen molar-refractivity contribution < 1.29 is 0 Å². The Bertz CT molecular complexity index is 329. The monoisotopic (exact) mass is 288 g/mol. The first-order valence-corrected chi connectivity index (χ1v) is 6.82. The minimum Gasteiger partial charge on any atom is -0.0922 e. The van der Waals surface area contributed by atoms with Gasteiger partial charge in [0.25, 0.3) is 0 Å². The standard InChI is InChI=1S/C13H18BrCl/c1-4-13(3,9-14)8-11-6-5-10(2)7-12(11)15/h5-7H,4,8-9H2,1-3H3. The van der Waals surface area contributed by atoms with E-state index in [2.05, 4.69) is 48.8 Å². The summed E-state index contributed by atoms with van der Waals surface area (Å²) in [4.78, 5) is 0. The maximum atomic E-state index is 6.23. The fourth-order valence-corrected chi connectivity index (χ4v) is 2.42. The summed E-state index contributed by atoms with van der Waals surface area (Å²) in [5.74, 6) is 0. The number of aryl methyl sites for hydroxylation is 1. The van der Waals surface area contributed by atoms with Crippen molar-refractivity contribution in [1.29, 1.82) is 0 Å². The van der Waals surface area contributed by atoms with E-state index in [4.69, 9.17) is 11.6 Å². The second kappa shape index (κ2) is 5.36. The van der Waals surface area contributed by atoms with Crippen LogP contribution in [0.15, 0.2) is 18.2 Å². The summed E-state index contributed by atoms with van der Waals surface area (Å²) in [7, 11) is 0. The molecular formula is C13H18BrCl. The molecule has 1 rings (SSSR count). The van der Waals surface area contributed by atoms with Gasteiger partial charge in [-0.05, 0) is 42.4 Å². The zero-order valence-electron chi connectivity index (χ0n) is 9.61. The van der Waals surface area contributed by atoms with Crippen LogP contribution >= 0.6 is 27.5 Å². The van der Waals surface area contributed by atoms with Gasteiger partial charge in [-0.2, -0.15) is 0 Å². The van der Waals surface area contributed by atoms with Crippen LogP contribution in [0.25, 0.3) is 0 Å². The summed E-state index contributed by atoms with van der Waals surface area (Å²) in [5.41, 5.74) is 2.78. The van der Waals surface area contributed by atoms with Gasteiger partial charge in [0.05, 0.1) is 0 Å². The molecule has 0 N–H and O–H groups in total. The molecule has 0 heterocycles. The first-order chi connectivity index (χ1) is 7.00. The smallest absolute Gasteiger partial charge is 0.0440 e. The van der Waals surface area contributed by atoms with Gasteiger partial charge < -0.3 is 0 Å². The van der Waals surface area contributed by atoms with E-state index in [1.54, 1.807) is 0 Å². The van der Waals surface area contributed by atoms with Gasteiger partial charge in [0.15, 0.2) is 0 Å². The molecule has 0 amide bonds. The van der Waals surface area contributed by atoms with E-state index in [9.17, 15) is 0 Å². The molecule has 2 heteroatoms. The van der Waals surface area contributed by atoms with Crippen molar-refractivity contribution in [2.45, 2.75) is 33.6 Å². The molecule has 84 valence electrons. The summed E-state index contributed by atoms with van der Waals surface area (Å²) in [6.45, 7) is 6.58. The van der Waals surface area contributed by atoms with Crippen molar-refractivity contribution in [2.75, 3.05) is 5.33 Å². The summed E-state index contributed by atoms with van der Waals surface area (Å²) in [6.07, 6.45) is 2.19. The Labute approximate surface area is 106 Å². The second-order valence-corrected chi connectivity index (χ2v) is 5.54. The van der Waals surface area contributed by atoms with E-state index in [1.807, 2.05) is 6.07 Å². The van der Waals surface area contributed by atoms with Crippen molar-refractivity contribution in [2.24, 2.45) is 5.41 Å². The summed E-state index contributed by atoms with van der Waals surface area (Å²) in [6, 6.07) is 6.32. The first-order valence-electron chi connectivity index (χ1n) is 5.32. The van der Waals surface area contributed by atoms with Crippen molar-refractivity contribution >= 4 is 27.5 Å². The molecule has 0 fully saturated rings. The Morgan fingerprint density at radius 2 is 2.07 bits per heavy atom. The Hall–Kier alpha value is -0.0100. The lowest BCUT2D eigenvalue weighted by Crippen LogP contribution is -2.20. The number of benzene rings is 1. The van der Waals surface area contributed by atoms with Crippen LogP contribution in [0.4, 0.5) is 0 Å². The van der Waals surface area contributed by atoms with Gasteiger partial charge in [-0.1, -0.05) is 53.5 Å². The predicted molar refractivity (Wildman–Crippen MR) is 72.1 cm³/mol. The molecule has 0 saturated carbocycles. The third-order valence-corrected chi connectivity index (χ3v) is 4.71. The van der Waals surface area contributed by atoms with E-state index < -0.39 is 0 Å². The third kappa shape index (κ3) is 3.49. The van der Waals surface area contributed by atoms with E-state index in [0.717, 1.165) is 23.2 Å². The fraction of sp³-hybridized carbons (Fsp3) is 0.538.